The topological polar surface area (TPSA) is 80.4 Å². The minimum Gasteiger partial charge on any atom is -0.456 e. The first kappa shape index (κ1) is 14.4. The van der Waals surface area contributed by atoms with Crippen LogP contribution >= 0.6 is 0 Å². The molecule has 2 aromatic rings. The lowest BCUT2D eigenvalue weighted by Crippen LogP contribution is -2.41. The summed E-state index contributed by atoms with van der Waals surface area (Å²) in [7, 11) is 1.80. The van der Waals surface area contributed by atoms with Gasteiger partial charge in [0.2, 0.25) is 5.91 Å². The van der Waals surface area contributed by atoms with Crippen LogP contribution in [0.1, 0.15) is 29.7 Å². The molecule has 1 fully saturated rings. The van der Waals surface area contributed by atoms with E-state index in [1.54, 1.807) is 41.2 Å². The van der Waals surface area contributed by atoms with Gasteiger partial charge in [0, 0.05) is 26.2 Å². The fourth-order valence-corrected chi connectivity index (χ4v) is 2.54. The van der Waals surface area contributed by atoms with Crippen LogP contribution < -0.4 is 10.2 Å². The first-order valence-electron chi connectivity index (χ1n) is 7.28. The van der Waals surface area contributed by atoms with Crippen molar-refractivity contribution in [1.82, 2.24) is 15.1 Å². The Hall–Kier alpha value is -2.57. The highest BCUT2D eigenvalue weighted by Gasteiger charge is 2.34. The van der Waals surface area contributed by atoms with E-state index in [0.29, 0.717) is 13.0 Å². The molecule has 0 spiro atoms. The summed E-state index contributed by atoms with van der Waals surface area (Å²) >= 11 is 0. The highest BCUT2D eigenvalue weighted by Crippen LogP contribution is 2.21. The average molecular weight is 302 g/mol. The van der Waals surface area contributed by atoms with Gasteiger partial charge >= 0.3 is 0 Å². The molecule has 1 atom stereocenters. The zero-order chi connectivity index (χ0) is 15.7. The number of nitrogens with one attached hydrogen (secondary N) is 1. The molecule has 0 aliphatic carbocycles. The Morgan fingerprint density at radius 1 is 1.50 bits per heavy atom. The fraction of sp³-hybridized carbons (Fsp3) is 0.400. The molecule has 1 saturated heterocycles. The Morgan fingerprint density at radius 2 is 2.32 bits per heavy atom. The van der Waals surface area contributed by atoms with Crippen LogP contribution in [0, 0.1) is 0 Å². The highest BCUT2D eigenvalue weighted by atomic mass is 16.3. The second kappa shape index (κ2) is 5.67. The van der Waals surface area contributed by atoms with E-state index in [1.165, 1.54) is 0 Å². The number of nitrogens with zero attached hydrogens (tertiary/aromatic N) is 3. The van der Waals surface area contributed by atoms with Gasteiger partial charge in [0.05, 0.1) is 11.9 Å². The smallest absolute Gasteiger partial charge is 0.287 e. The Labute approximate surface area is 127 Å². The number of rotatable bonds is 4. The summed E-state index contributed by atoms with van der Waals surface area (Å²) in [5.74, 6) is 0.513. The molecule has 0 unspecified atom stereocenters. The Bertz CT molecular complexity index is 703. The number of carbonyl (C=O) groups excluding carboxylic acids is 2. The lowest BCUT2D eigenvalue weighted by molar-refractivity contribution is -0.118. The van der Waals surface area contributed by atoms with E-state index >= 15 is 0 Å². The van der Waals surface area contributed by atoms with Gasteiger partial charge < -0.3 is 14.6 Å². The van der Waals surface area contributed by atoms with Gasteiger partial charge in [0.25, 0.3) is 5.91 Å². The molecule has 2 amide bonds. The zero-order valence-electron chi connectivity index (χ0n) is 12.6. The number of aryl methyl sites for hydroxylation is 2. The number of carbonyl (C=O) groups is 2. The molecular weight excluding hydrogens is 284 g/mol. The van der Waals surface area contributed by atoms with Crippen molar-refractivity contribution < 1.29 is 14.0 Å². The van der Waals surface area contributed by atoms with Gasteiger partial charge in [-0.1, -0.05) is 6.92 Å². The van der Waals surface area contributed by atoms with Crippen LogP contribution in [-0.2, 0) is 18.3 Å². The molecule has 0 saturated carbocycles. The second-order valence-electron chi connectivity index (χ2n) is 5.30. The molecule has 2 aromatic heterocycles. The Balaban J connectivity index is 1.66. The van der Waals surface area contributed by atoms with Gasteiger partial charge in [0.1, 0.15) is 11.8 Å². The van der Waals surface area contributed by atoms with Crippen molar-refractivity contribution in [2.75, 3.05) is 11.4 Å². The van der Waals surface area contributed by atoms with Crippen molar-refractivity contribution in [2.45, 2.75) is 25.8 Å². The lowest BCUT2D eigenvalue weighted by atomic mass is 10.2. The van der Waals surface area contributed by atoms with Crippen molar-refractivity contribution >= 4 is 17.5 Å². The van der Waals surface area contributed by atoms with Gasteiger partial charge in [-0.05, 0) is 18.6 Å². The molecule has 3 rings (SSSR count). The summed E-state index contributed by atoms with van der Waals surface area (Å²) in [5, 5.41) is 6.80. The average Bonchev–Trinajstić information content (AvgIpc) is 3.20. The molecule has 0 aromatic carbocycles. The predicted octanol–water partition coefficient (Wildman–Crippen LogP) is 1.11. The molecule has 1 aliphatic heterocycles. The zero-order valence-corrected chi connectivity index (χ0v) is 12.6. The van der Waals surface area contributed by atoms with E-state index in [2.05, 4.69) is 10.4 Å². The number of hydrogen-bond acceptors (Lipinski definition) is 4. The maximum Gasteiger partial charge on any atom is 0.287 e. The molecule has 22 heavy (non-hydrogen) atoms. The summed E-state index contributed by atoms with van der Waals surface area (Å²) in [4.78, 5) is 26.2. The molecule has 7 heteroatoms. The lowest BCUT2D eigenvalue weighted by Gasteiger charge is -2.14. The molecule has 3 heterocycles. The number of amides is 2. The van der Waals surface area contributed by atoms with Gasteiger partial charge in [-0.25, -0.2) is 0 Å². The number of hydrogen-bond donors (Lipinski definition) is 1. The first-order chi connectivity index (χ1) is 10.6. The quantitative estimate of drug-likeness (QED) is 0.917. The number of aromatic nitrogens is 2. The first-order valence-corrected chi connectivity index (χ1v) is 7.28. The number of furan rings is 1. The van der Waals surface area contributed by atoms with Crippen LogP contribution in [-0.4, -0.2) is 34.2 Å². The third kappa shape index (κ3) is 2.61. The van der Waals surface area contributed by atoms with E-state index in [0.717, 1.165) is 17.9 Å². The number of anilines is 1. The van der Waals surface area contributed by atoms with E-state index < -0.39 is 6.04 Å². The largest absolute Gasteiger partial charge is 0.456 e. The maximum atomic E-state index is 12.4. The minimum atomic E-state index is -0.525. The normalized spacial score (nSPS) is 18.0. The second-order valence-corrected chi connectivity index (χ2v) is 5.30. The van der Waals surface area contributed by atoms with Crippen molar-refractivity contribution in [1.29, 1.82) is 0 Å². The monoisotopic (exact) mass is 302 g/mol. The van der Waals surface area contributed by atoms with Crippen LogP contribution in [0.3, 0.4) is 0 Å². The molecule has 7 nitrogen and oxygen atoms in total. The van der Waals surface area contributed by atoms with Crippen molar-refractivity contribution in [2.24, 2.45) is 7.05 Å². The van der Waals surface area contributed by atoms with Crippen LogP contribution in [0.25, 0.3) is 0 Å². The van der Waals surface area contributed by atoms with Gasteiger partial charge in [0.15, 0.2) is 5.76 Å². The van der Waals surface area contributed by atoms with E-state index in [9.17, 15) is 9.59 Å². The third-order valence-corrected chi connectivity index (χ3v) is 3.75. The summed E-state index contributed by atoms with van der Waals surface area (Å²) in [6.45, 7) is 2.51. The van der Waals surface area contributed by atoms with E-state index in [1.807, 2.05) is 6.92 Å². The van der Waals surface area contributed by atoms with Gasteiger partial charge in [-0.3, -0.25) is 14.3 Å². The minimum absolute atomic E-state index is 0.122. The molecule has 0 bridgehead atoms. The maximum absolute atomic E-state index is 12.4. The van der Waals surface area contributed by atoms with Gasteiger partial charge in [-0.15, -0.1) is 0 Å². The van der Waals surface area contributed by atoms with Crippen molar-refractivity contribution in [3.05, 3.63) is 36.0 Å². The standard InChI is InChI=1S/C15H18N4O3/c1-3-11-4-5-13(22-11)14(20)17-12-6-7-19(15(12)21)10-8-16-18(2)9-10/h4-5,8-9,12H,3,6-7H2,1-2H3,(H,17,20)/t12-/m0/s1. The summed E-state index contributed by atoms with van der Waals surface area (Å²) in [6, 6.07) is 2.88. The Morgan fingerprint density at radius 3 is 2.95 bits per heavy atom. The Kier molecular flexibility index (Phi) is 3.70. The van der Waals surface area contributed by atoms with Gasteiger partial charge in [-0.2, -0.15) is 5.10 Å². The van der Waals surface area contributed by atoms with Crippen molar-refractivity contribution in [3.63, 3.8) is 0 Å². The van der Waals surface area contributed by atoms with Crippen LogP contribution in [0.2, 0.25) is 0 Å². The summed E-state index contributed by atoms with van der Waals surface area (Å²) < 4.78 is 7.05. The molecule has 116 valence electrons. The predicted molar refractivity (Wildman–Crippen MR) is 79.5 cm³/mol. The van der Waals surface area contributed by atoms with Crippen LogP contribution in [0.5, 0.6) is 0 Å². The molecule has 1 aliphatic rings. The summed E-state index contributed by atoms with van der Waals surface area (Å²) in [6.07, 6.45) is 4.72. The molecule has 0 radical (unpaired) electrons. The van der Waals surface area contributed by atoms with Crippen LogP contribution in [0.4, 0.5) is 5.69 Å². The van der Waals surface area contributed by atoms with Crippen molar-refractivity contribution in [3.8, 4) is 0 Å². The molecular formula is C15H18N4O3. The molecule has 1 N–H and O–H groups in total. The third-order valence-electron chi connectivity index (χ3n) is 3.75. The van der Waals surface area contributed by atoms with E-state index in [4.69, 9.17) is 4.42 Å². The SMILES string of the molecule is CCc1ccc(C(=O)N[C@H]2CCN(c3cnn(C)c3)C2=O)o1. The fourth-order valence-electron chi connectivity index (χ4n) is 2.54. The highest BCUT2D eigenvalue weighted by molar-refractivity contribution is 6.03. The van der Waals surface area contributed by atoms with E-state index in [-0.39, 0.29) is 17.6 Å². The van der Waals surface area contributed by atoms with Crippen LogP contribution in [0.15, 0.2) is 28.9 Å². The summed E-state index contributed by atoms with van der Waals surface area (Å²) in [5.41, 5.74) is 0.746.